The molecule has 0 amide bonds. The van der Waals surface area contributed by atoms with Gasteiger partial charge in [-0.05, 0) is 23.2 Å². The van der Waals surface area contributed by atoms with E-state index in [9.17, 15) is 0 Å². The number of ether oxygens (including phenoxy) is 1. The fourth-order valence-electron chi connectivity index (χ4n) is 4.65. The molecule has 3 aromatic heterocycles. The number of hydrogen-bond acceptors (Lipinski definition) is 3. The third-order valence-electron chi connectivity index (χ3n) is 6.36. The van der Waals surface area contributed by atoms with Crippen LogP contribution in [0.5, 0.6) is 11.5 Å². The second-order valence-corrected chi connectivity index (χ2v) is 8.76. The van der Waals surface area contributed by atoms with Crippen LogP contribution in [-0.2, 0) is 53.8 Å². The van der Waals surface area contributed by atoms with Gasteiger partial charge in [-0.25, -0.2) is 17.7 Å². The first-order valence-corrected chi connectivity index (χ1v) is 12.3. The minimum atomic E-state index is 0. The topological polar surface area (TPSA) is 39.9 Å². The van der Waals surface area contributed by atoms with Gasteiger partial charge in [0, 0.05) is 55.9 Å². The van der Waals surface area contributed by atoms with Crippen LogP contribution in [0.2, 0.25) is 0 Å². The number of para-hydroxylation sites is 1. The zero-order valence-corrected chi connectivity index (χ0v) is 26.2. The van der Waals surface area contributed by atoms with Crippen LogP contribution < -0.4 is 4.74 Å². The van der Waals surface area contributed by atoms with E-state index in [0.29, 0.717) is 11.5 Å². The maximum Gasteiger partial charge on any atom is 2.00 e. The largest absolute Gasteiger partial charge is 2.00 e. The molecule has 4 aromatic carbocycles. The molecule has 4 nitrogen and oxygen atoms in total. The molecule has 0 aliphatic heterocycles. The predicted octanol–water partition coefficient (Wildman–Crippen LogP) is 7.90. The molecule has 7 aromatic rings. The van der Waals surface area contributed by atoms with Gasteiger partial charge in [-0.15, -0.1) is 59.1 Å². The van der Waals surface area contributed by atoms with Crippen molar-refractivity contribution in [1.82, 2.24) is 14.5 Å². The number of pyridine rings is 2. The minimum absolute atomic E-state index is 0. The number of rotatable bonds is 5. The quantitative estimate of drug-likeness (QED) is 0.167. The van der Waals surface area contributed by atoms with Gasteiger partial charge in [0.1, 0.15) is 0 Å². The van der Waals surface area contributed by atoms with Crippen molar-refractivity contribution in [1.29, 1.82) is 0 Å². The van der Waals surface area contributed by atoms with Crippen LogP contribution in [0.15, 0.2) is 115 Å². The van der Waals surface area contributed by atoms with Crippen LogP contribution >= 0.6 is 0 Å². The van der Waals surface area contributed by atoms with Crippen molar-refractivity contribution in [2.24, 2.45) is 0 Å². The summed E-state index contributed by atoms with van der Waals surface area (Å²) in [5, 5.41) is 2.19. The summed E-state index contributed by atoms with van der Waals surface area (Å²) in [7, 11) is 0. The fraction of sp³-hybridized carbons (Fsp3) is 0. The van der Waals surface area contributed by atoms with Gasteiger partial charge in [0.15, 0.2) is 0 Å². The van der Waals surface area contributed by atoms with Gasteiger partial charge in [-0.2, -0.15) is 30.3 Å². The first kappa shape index (κ1) is 28.1. The zero-order chi connectivity index (χ0) is 25.3. The summed E-state index contributed by atoms with van der Waals surface area (Å²) >= 11 is 0. The Morgan fingerprint density at radius 1 is 0.650 bits per heavy atom. The molecule has 0 saturated heterocycles. The van der Waals surface area contributed by atoms with Gasteiger partial charge < -0.3 is 19.3 Å². The number of benzene rings is 4. The van der Waals surface area contributed by atoms with Gasteiger partial charge >= 0.3 is 21.1 Å². The molecule has 7 rings (SSSR count). The third-order valence-corrected chi connectivity index (χ3v) is 6.36. The van der Waals surface area contributed by atoms with E-state index in [0.717, 1.165) is 50.1 Å². The van der Waals surface area contributed by atoms with Crippen LogP contribution in [0.25, 0.3) is 50.1 Å². The Morgan fingerprint density at radius 2 is 1.48 bits per heavy atom. The van der Waals surface area contributed by atoms with Gasteiger partial charge in [-0.1, -0.05) is 41.9 Å². The molecule has 1 radical (unpaired) electrons. The molecule has 191 valence electrons. The van der Waals surface area contributed by atoms with E-state index in [4.69, 9.17) is 9.72 Å². The monoisotopic (exact) mass is 769 g/mol. The van der Waals surface area contributed by atoms with E-state index < -0.39 is 0 Å². The Bertz CT molecular complexity index is 1910. The van der Waals surface area contributed by atoms with Crippen molar-refractivity contribution in [3.05, 3.63) is 140 Å². The Kier molecular flexibility index (Phi) is 8.71. The molecule has 0 atom stereocenters. The molecule has 6 heteroatoms. The van der Waals surface area contributed by atoms with Gasteiger partial charge in [0.2, 0.25) is 0 Å². The Balaban J connectivity index is 0.00000161. The predicted molar refractivity (Wildman–Crippen MR) is 149 cm³/mol. The van der Waals surface area contributed by atoms with Crippen molar-refractivity contribution < 1.29 is 58.5 Å². The van der Waals surface area contributed by atoms with E-state index >= 15 is 0 Å². The molecule has 0 fully saturated rings. The molecule has 0 spiro atoms. The molecule has 40 heavy (non-hydrogen) atoms. The second kappa shape index (κ2) is 12.4. The van der Waals surface area contributed by atoms with Crippen molar-refractivity contribution >= 4 is 21.8 Å². The van der Waals surface area contributed by atoms with Crippen molar-refractivity contribution in [2.75, 3.05) is 0 Å². The van der Waals surface area contributed by atoms with Crippen LogP contribution in [0, 0.1) is 24.3 Å². The average molecular weight is 770 g/mol. The van der Waals surface area contributed by atoms with E-state index in [1.165, 1.54) is 0 Å². The minimum Gasteiger partial charge on any atom is -0.503 e. The van der Waals surface area contributed by atoms with Crippen molar-refractivity contribution in [2.45, 2.75) is 0 Å². The number of nitrogens with zero attached hydrogens (tertiary/aromatic N) is 3. The normalized spacial score (nSPS) is 10.6. The SMILES string of the molecule is [Pt+2].[Y].[c-]1ccccc1-c1[c-]ccc(-n2c3[c-]c(Oc4[c-]c(-c5ccccn5)ccc4)ccc3c3ccccc32)n1. The second-order valence-electron chi connectivity index (χ2n) is 8.76. The summed E-state index contributed by atoms with van der Waals surface area (Å²) in [5.74, 6) is 1.97. The van der Waals surface area contributed by atoms with Crippen LogP contribution in [0.1, 0.15) is 0 Å². The number of aromatic nitrogens is 3. The van der Waals surface area contributed by atoms with Crippen molar-refractivity contribution in [3.8, 4) is 39.8 Å². The van der Waals surface area contributed by atoms with Crippen LogP contribution in [-0.4, -0.2) is 14.5 Å². The summed E-state index contributed by atoms with van der Waals surface area (Å²) < 4.78 is 8.36. The van der Waals surface area contributed by atoms with Crippen LogP contribution in [0.4, 0.5) is 0 Å². The molecule has 0 unspecified atom stereocenters. The van der Waals surface area contributed by atoms with Gasteiger partial charge in [0.05, 0.1) is 5.82 Å². The Hall–Kier alpha value is -3.43. The molecule has 0 aliphatic carbocycles. The maximum absolute atomic E-state index is 6.24. The molecule has 0 aliphatic rings. The van der Waals surface area contributed by atoms with Gasteiger partial charge in [0.25, 0.3) is 0 Å². The smallest absolute Gasteiger partial charge is 0.503 e. The number of hydrogen-bond donors (Lipinski definition) is 0. The van der Waals surface area contributed by atoms with E-state index in [1.54, 1.807) is 6.20 Å². The van der Waals surface area contributed by atoms with E-state index in [2.05, 4.69) is 52.0 Å². The summed E-state index contributed by atoms with van der Waals surface area (Å²) in [5.41, 5.74) is 5.27. The standard InChI is InChI=1S/C34H19N3O.Pt.Y/c1-2-10-24(11-3-1)31-16-9-18-34(36-31)37-32-17-5-4-14-28(32)29-20-19-27(23-33(29)37)38-26-13-8-12-25(22-26)30-15-6-7-21-35-30;;/h1-10,12-15,17-21H;;/q-4;+2;. The van der Waals surface area contributed by atoms with E-state index in [1.807, 2.05) is 91.0 Å². The Morgan fingerprint density at radius 3 is 2.33 bits per heavy atom. The van der Waals surface area contributed by atoms with Gasteiger partial charge in [-0.3, -0.25) is 0 Å². The first-order valence-electron chi connectivity index (χ1n) is 12.3. The maximum atomic E-state index is 6.24. The average Bonchev–Trinajstić information content (AvgIpc) is 3.32. The first-order chi connectivity index (χ1) is 18.8. The summed E-state index contributed by atoms with van der Waals surface area (Å²) in [6.07, 6.45) is 1.77. The molecule has 3 heterocycles. The molecule has 0 bridgehead atoms. The number of fused-ring (bicyclic) bond motifs is 3. The summed E-state index contributed by atoms with van der Waals surface area (Å²) in [6, 6.07) is 48.9. The van der Waals surface area contributed by atoms with E-state index in [-0.39, 0.29) is 53.8 Å². The molecular weight excluding hydrogens is 750 g/mol. The fourth-order valence-corrected chi connectivity index (χ4v) is 4.65. The third kappa shape index (κ3) is 5.45. The summed E-state index contributed by atoms with van der Waals surface area (Å²) in [6.45, 7) is 0. The van der Waals surface area contributed by atoms with Crippen LogP contribution in [0.3, 0.4) is 0 Å². The summed E-state index contributed by atoms with van der Waals surface area (Å²) in [4.78, 5) is 9.37. The molecule has 0 N–H and O–H groups in total. The molecule has 0 saturated carbocycles. The van der Waals surface area contributed by atoms with Crippen molar-refractivity contribution in [3.63, 3.8) is 0 Å². The zero-order valence-electron chi connectivity index (χ0n) is 21.1. The Labute approximate surface area is 272 Å². The molecular formula is C34H19N3OPtY-2.